The Bertz CT molecular complexity index is 614. The predicted octanol–water partition coefficient (Wildman–Crippen LogP) is 2.75. The van der Waals surface area contributed by atoms with Crippen LogP contribution in [0.2, 0.25) is 0 Å². The van der Waals surface area contributed by atoms with Crippen molar-refractivity contribution in [2.24, 2.45) is 0 Å². The summed E-state index contributed by atoms with van der Waals surface area (Å²) >= 11 is 0. The van der Waals surface area contributed by atoms with E-state index in [-0.39, 0.29) is 5.97 Å². The first-order valence-corrected chi connectivity index (χ1v) is 5.95. The number of nitrogens with zero attached hydrogens (tertiary/aromatic N) is 2. The smallest absolute Gasteiger partial charge is 0.356 e. The largest absolute Gasteiger partial charge is 0.464 e. The van der Waals surface area contributed by atoms with Crippen molar-refractivity contribution in [1.82, 2.24) is 9.55 Å². The van der Waals surface area contributed by atoms with Gasteiger partial charge in [0.15, 0.2) is 0 Å². The number of carbonyl (C=O) groups is 1. The van der Waals surface area contributed by atoms with E-state index in [1.807, 2.05) is 31.2 Å². The second-order valence-electron chi connectivity index (χ2n) is 4.34. The number of hydrogen-bond donors (Lipinski definition) is 0. The van der Waals surface area contributed by atoms with Gasteiger partial charge in [-0.05, 0) is 18.1 Å². The van der Waals surface area contributed by atoms with Gasteiger partial charge in [-0.2, -0.15) is 0 Å². The van der Waals surface area contributed by atoms with Crippen LogP contribution in [0.15, 0.2) is 43.4 Å². The molecule has 0 N–H and O–H groups in total. The van der Waals surface area contributed by atoms with Crippen molar-refractivity contribution >= 4 is 11.5 Å². The van der Waals surface area contributed by atoms with Crippen molar-refractivity contribution in [1.29, 1.82) is 0 Å². The number of esters is 1. The summed E-state index contributed by atoms with van der Waals surface area (Å²) in [5, 5.41) is 0. The maximum absolute atomic E-state index is 11.6. The molecule has 0 amide bonds. The number of methoxy groups -OCH3 is 1. The Morgan fingerprint density at radius 3 is 2.84 bits per heavy atom. The molecule has 0 saturated carbocycles. The average Bonchev–Trinajstić information content (AvgIpc) is 2.86. The summed E-state index contributed by atoms with van der Waals surface area (Å²) in [6, 6.07) is 7.98. The van der Waals surface area contributed by atoms with Crippen molar-refractivity contribution in [2.75, 3.05) is 7.11 Å². The Morgan fingerprint density at radius 1 is 1.42 bits per heavy atom. The Labute approximate surface area is 112 Å². The van der Waals surface area contributed by atoms with Gasteiger partial charge in [0.05, 0.1) is 19.6 Å². The molecule has 4 nitrogen and oxygen atoms in total. The highest BCUT2D eigenvalue weighted by molar-refractivity contribution is 5.87. The van der Waals surface area contributed by atoms with Crippen LogP contribution in [0.3, 0.4) is 0 Å². The molecule has 0 aliphatic heterocycles. The van der Waals surface area contributed by atoms with E-state index < -0.39 is 0 Å². The first kappa shape index (κ1) is 13.1. The average molecular weight is 256 g/mol. The normalized spacial score (nSPS) is 10.2. The monoisotopic (exact) mass is 256 g/mol. The van der Waals surface area contributed by atoms with Gasteiger partial charge in [0, 0.05) is 6.54 Å². The van der Waals surface area contributed by atoms with Gasteiger partial charge in [0.25, 0.3) is 0 Å². The summed E-state index contributed by atoms with van der Waals surface area (Å²) in [5.41, 5.74) is 3.62. The second-order valence-corrected chi connectivity index (χ2v) is 4.34. The Kier molecular flexibility index (Phi) is 3.80. The fourth-order valence-corrected chi connectivity index (χ4v) is 1.98. The van der Waals surface area contributed by atoms with E-state index in [0.717, 1.165) is 16.7 Å². The summed E-state index contributed by atoms with van der Waals surface area (Å²) in [4.78, 5) is 15.6. The van der Waals surface area contributed by atoms with Gasteiger partial charge in [-0.25, -0.2) is 9.78 Å². The Morgan fingerprint density at radius 2 is 2.16 bits per heavy atom. The quantitative estimate of drug-likeness (QED) is 0.790. The predicted molar refractivity (Wildman–Crippen MR) is 73.8 cm³/mol. The Hall–Kier alpha value is -2.36. The molecule has 1 heterocycles. The highest BCUT2D eigenvalue weighted by Crippen LogP contribution is 2.18. The maximum Gasteiger partial charge on any atom is 0.356 e. The second kappa shape index (κ2) is 5.52. The molecular formula is C15H16N2O2. The molecule has 19 heavy (non-hydrogen) atoms. The number of carbonyl (C=O) groups excluding carboxylic acids is 1. The summed E-state index contributed by atoms with van der Waals surface area (Å²) in [6.45, 7) is 6.50. The molecule has 0 fully saturated rings. The lowest BCUT2D eigenvalue weighted by molar-refractivity contribution is 0.0589. The lowest BCUT2D eigenvalue weighted by atomic mass is 10.0. The summed E-state index contributed by atoms with van der Waals surface area (Å²) < 4.78 is 6.50. The standard InChI is InChI=1S/C15H16N2O2/c1-11(2)13-7-5-4-6-12(13)9-17-10-16-8-14(17)15(18)19-3/h4-8,10H,1,9H2,2-3H3. The summed E-state index contributed by atoms with van der Waals surface area (Å²) in [5.74, 6) is -0.384. The number of benzene rings is 1. The van der Waals surface area contributed by atoms with Gasteiger partial charge in [-0.1, -0.05) is 36.4 Å². The number of rotatable bonds is 4. The van der Waals surface area contributed by atoms with Crippen LogP contribution in [0.25, 0.3) is 5.57 Å². The highest BCUT2D eigenvalue weighted by Gasteiger charge is 2.13. The van der Waals surface area contributed by atoms with Crippen molar-refractivity contribution in [3.8, 4) is 0 Å². The fourth-order valence-electron chi connectivity index (χ4n) is 1.98. The van der Waals surface area contributed by atoms with E-state index in [1.54, 1.807) is 10.9 Å². The van der Waals surface area contributed by atoms with Crippen molar-refractivity contribution < 1.29 is 9.53 Å². The first-order valence-electron chi connectivity index (χ1n) is 5.95. The van der Waals surface area contributed by atoms with Gasteiger partial charge in [-0.3, -0.25) is 0 Å². The minimum atomic E-state index is -0.384. The summed E-state index contributed by atoms with van der Waals surface area (Å²) in [6.07, 6.45) is 3.14. The molecular weight excluding hydrogens is 240 g/mol. The molecule has 0 spiro atoms. The molecule has 0 unspecified atom stereocenters. The molecule has 0 bridgehead atoms. The lowest BCUT2D eigenvalue weighted by Gasteiger charge is -2.11. The van der Waals surface area contributed by atoms with Crippen molar-refractivity contribution in [3.05, 3.63) is 60.2 Å². The number of ether oxygens (including phenoxy) is 1. The number of hydrogen-bond acceptors (Lipinski definition) is 3. The van der Waals surface area contributed by atoms with Crippen LogP contribution in [0.5, 0.6) is 0 Å². The van der Waals surface area contributed by atoms with E-state index in [1.165, 1.54) is 13.3 Å². The van der Waals surface area contributed by atoms with E-state index >= 15 is 0 Å². The number of aromatic nitrogens is 2. The van der Waals surface area contributed by atoms with Gasteiger partial charge in [0.1, 0.15) is 5.69 Å². The third-order valence-electron chi connectivity index (χ3n) is 2.92. The zero-order valence-corrected chi connectivity index (χ0v) is 11.1. The van der Waals surface area contributed by atoms with Gasteiger partial charge in [0.2, 0.25) is 0 Å². The van der Waals surface area contributed by atoms with Crippen LogP contribution in [0.4, 0.5) is 0 Å². The van der Waals surface area contributed by atoms with E-state index in [9.17, 15) is 4.79 Å². The zero-order valence-electron chi connectivity index (χ0n) is 11.1. The molecule has 1 aromatic carbocycles. The summed E-state index contributed by atoms with van der Waals surface area (Å²) in [7, 11) is 1.36. The van der Waals surface area contributed by atoms with Crippen LogP contribution in [0, 0.1) is 0 Å². The third kappa shape index (κ3) is 2.73. The van der Waals surface area contributed by atoms with Crippen molar-refractivity contribution in [3.63, 3.8) is 0 Å². The van der Waals surface area contributed by atoms with Gasteiger partial charge < -0.3 is 9.30 Å². The zero-order chi connectivity index (χ0) is 13.8. The lowest BCUT2D eigenvalue weighted by Crippen LogP contribution is -2.11. The van der Waals surface area contributed by atoms with E-state index in [0.29, 0.717) is 12.2 Å². The SMILES string of the molecule is C=C(C)c1ccccc1Cn1cncc1C(=O)OC. The molecule has 4 heteroatoms. The molecule has 0 aliphatic carbocycles. The number of imidazole rings is 1. The molecule has 0 radical (unpaired) electrons. The van der Waals surface area contributed by atoms with Crippen LogP contribution in [-0.2, 0) is 11.3 Å². The Balaban J connectivity index is 2.35. The molecule has 0 atom stereocenters. The van der Waals surface area contributed by atoms with Crippen molar-refractivity contribution in [2.45, 2.75) is 13.5 Å². The van der Waals surface area contributed by atoms with Crippen LogP contribution < -0.4 is 0 Å². The highest BCUT2D eigenvalue weighted by atomic mass is 16.5. The molecule has 0 aliphatic rings. The minimum absolute atomic E-state index is 0.384. The van der Waals surface area contributed by atoms with Gasteiger partial charge >= 0.3 is 5.97 Å². The van der Waals surface area contributed by atoms with Crippen LogP contribution in [-0.4, -0.2) is 22.6 Å². The van der Waals surface area contributed by atoms with Gasteiger partial charge in [-0.15, -0.1) is 0 Å². The molecule has 2 rings (SSSR count). The molecule has 2 aromatic rings. The molecule has 1 aromatic heterocycles. The minimum Gasteiger partial charge on any atom is -0.464 e. The van der Waals surface area contributed by atoms with E-state index in [2.05, 4.69) is 11.6 Å². The molecule has 98 valence electrons. The molecule has 0 saturated heterocycles. The van der Waals surface area contributed by atoms with E-state index in [4.69, 9.17) is 4.74 Å². The topological polar surface area (TPSA) is 44.1 Å². The fraction of sp³-hybridized carbons (Fsp3) is 0.200. The van der Waals surface area contributed by atoms with Crippen LogP contribution in [0.1, 0.15) is 28.5 Å². The first-order chi connectivity index (χ1) is 9.13. The third-order valence-corrected chi connectivity index (χ3v) is 2.92. The van der Waals surface area contributed by atoms with Crippen LogP contribution >= 0.6 is 0 Å². The number of allylic oxidation sites excluding steroid dienone is 1. The maximum atomic E-state index is 11.6.